The number of rotatable bonds is 2. The number of aliphatic carboxylic acids is 1. The molecule has 0 amide bonds. The lowest BCUT2D eigenvalue weighted by Gasteiger charge is -1.99. The number of hydrogen-bond acceptors (Lipinski definition) is 2. The van der Waals surface area contributed by atoms with Crippen LogP contribution in [-0.2, 0) is 4.79 Å². The van der Waals surface area contributed by atoms with E-state index in [9.17, 15) is 4.79 Å². The Kier molecular flexibility index (Phi) is 2.88. The summed E-state index contributed by atoms with van der Waals surface area (Å²) in [5.74, 6) is -0.988. The summed E-state index contributed by atoms with van der Waals surface area (Å²) in [6, 6.07) is 8.97. The molecule has 0 fully saturated rings. The van der Waals surface area contributed by atoms with Crippen molar-refractivity contribution in [3.63, 3.8) is 0 Å². The van der Waals surface area contributed by atoms with Crippen molar-refractivity contribution in [2.75, 3.05) is 0 Å². The highest BCUT2D eigenvalue weighted by Gasteiger charge is 1.97. The second kappa shape index (κ2) is 4.33. The van der Waals surface area contributed by atoms with E-state index in [1.807, 2.05) is 12.1 Å². The Morgan fingerprint density at radius 3 is 2.88 bits per heavy atom. The predicted molar refractivity (Wildman–Crippen MR) is 63.4 cm³/mol. The number of carbonyl (C=O) groups is 1. The number of pyridine rings is 1. The molecule has 0 bridgehead atoms. The van der Waals surface area contributed by atoms with Gasteiger partial charge in [-0.15, -0.1) is 0 Å². The maximum atomic E-state index is 10.3. The third kappa shape index (κ3) is 2.38. The molecule has 0 aliphatic heterocycles. The van der Waals surface area contributed by atoms with Crippen molar-refractivity contribution >= 4 is 34.5 Å². The lowest BCUT2D eigenvalue weighted by atomic mass is 10.2. The molecule has 4 heteroatoms. The summed E-state index contributed by atoms with van der Waals surface area (Å²) >= 11 is 5.84. The summed E-state index contributed by atoms with van der Waals surface area (Å²) in [6.45, 7) is 0. The molecule has 1 N–H and O–H groups in total. The highest BCUT2D eigenvalue weighted by atomic mass is 35.5. The minimum absolute atomic E-state index is 0.609. The third-order valence-corrected chi connectivity index (χ3v) is 2.30. The molecule has 1 aromatic heterocycles. The molecule has 16 heavy (non-hydrogen) atoms. The first kappa shape index (κ1) is 10.6. The van der Waals surface area contributed by atoms with Gasteiger partial charge in [0.15, 0.2) is 0 Å². The predicted octanol–water partition coefficient (Wildman–Crippen LogP) is 2.99. The summed E-state index contributed by atoms with van der Waals surface area (Å²) in [6.07, 6.45) is 2.51. The highest BCUT2D eigenvalue weighted by Crippen LogP contribution is 2.18. The normalized spacial score (nSPS) is 11.1. The van der Waals surface area contributed by atoms with Gasteiger partial charge in [0.1, 0.15) is 0 Å². The molecule has 0 aliphatic carbocycles. The standard InChI is InChI=1S/C12H8ClNO2/c13-9-2-5-11-8(7-9)1-3-10(14-11)4-6-12(15)16/h1-7H,(H,15,16). The van der Waals surface area contributed by atoms with Crippen LogP contribution in [0.25, 0.3) is 17.0 Å². The molecule has 3 nitrogen and oxygen atoms in total. The molecule has 0 unspecified atom stereocenters. The van der Waals surface area contributed by atoms with Gasteiger partial charge in [0.25, 0.3) is 0 Å². The van der Waals surface area contributed by atoms with Crippen LogP contribution in [0.5, 0.6) is 0 Å². The molecule has 0 aliphatic rings. The van der Waals surface area contributed by atoms with Crippen molar-refractivity contribution in [1.29, 1.82) is 0 Å². The fraction of sp³-hybridized carbons (Fsp3) is 0. The summed E-state index contributed by atoms with van der Waals surface area (Å²) in [5.41, 5.74) is 1.40. The summed E-state index contributed by atoms with van der Waals surface area (Å²) in [5, 5.41) is 10.1. The van der Waals surface area contributed by atoms with Gasteiger partial charge in [-0.05, 0) is 30.3 Å². The Labute approximate surface area is 97.0 Å². The van der Waals surface area contributed by atoms with E-state index in [1.165, 1.54) is 6.08 Å². The molecular weight excluding hydrogens is 226 g/mol. The average Bonchev–Trinajstić information content (AvgIpc) is 2.26. The fourth-order valence-electron chi connectivity index (χ4n) is 1.36. The molecule has 80 valence electrons. The van der Waals surface area contributed by atoms with E-state index in [0.29, 0.717) is 10.7 Å². The summed E-state index contributed by atoms with van der Waals surface area (Å²) in [4.78, 5) is 14.6. The second-order valence-electron chi connectivity index (χ2n) is 3.24. The van der Waals surface area contributed by atoms with Gasteiger partial charge in [-0.1, -0.05) is 17.7 Å². The molecule has 1 aromatic carbocycles. The molecule has 2 rings (SSSR count). The zero-order valence-electron chi connectivity index (χ0n) is 8.22. The fourth-order valence-corrected chi connectivity index (χ4v) is 1.54. The van der Waals surface area contributed by atoms with Crippen LogP contribution in [0.1, 0.15) is 5.69 Å². The quantitative estimate of drug-likeness (QED) is 0.812. The lowest BCUT2D eigenvalue weighted by Crippen LogP contribution is -1.87. The van der Waals surface area contributed by atoms with Crippen molar-refractivity contribution in [2.45, 2.75) is 0 Å². The Morgan fingerprint density at radius 2 is 2.12 bits per heavy atom. The average molecular weight is 234 g/mol. The number of carboxylic acid groups (broad SMARTS) is 1. The molecule has 1 heterocycles. The Hall–Kier alpha value is -1.87. The number of nitrogens with zero attached hydrogens (tertiary/aromatic N) is 1. The smallest absolute Gasteiger partial charge is 0.328 e. The monoisotopic (exact) mass is 233 g/mol. The van der Waals surface area contributed by atoms with Gasteiger partial charge in [0.2, 0.25) is 0 Å². The van der Waals surface area contributed by atoms with Gasteiger partial charge in [-0.25, -0.2) is 9.78 Å². The second-order valence-corrected chi connectivity index (χ2v) is 3.68. The van der Waals surface area contributed by atoms with Crippen LogP contribution in [0.3, 0.4) is 0 Å². The molecule has 0 saturated carbocycles. The van der Waals surface area contributed by atoms with Crippen LogP contribution < -0.4 is 0 Å². The van der Waals surface area contributed by atoms with E-state index in [2.05, 4.69) is 4.98 Å². The first-order chi connectivity index (χ1) is 7.65. The number of carboxylic acids is 1. The topological polar surface area (TPSA) is 50.2 Å². The molecule has 0 radical (unpaired) electrons. The minimum Gasteiger partial charge on any atom is -0.478 e. The Morgan fingerprint density at radius 1 is 1.31 bits per heavy atom. The van der Waals surface area contributed by atoms with Crippen LogP contribution in [-0.4, -0.2) is 16.1 Å². The molecule has 0 spiro atoms. The van der Waals surface area contributed by atoms with E-state index in [1.54, 1.807) is 18.2 Å². The van der Waals surface area contributed by atoms with Crippen molar-refractivity contribution in [3.05, 3.63) is 47.1 Å². The first-order valence-electron chi connectivity index (χ1n) is 4.62. The number of halogens is 1. The van der Waals surface area contributed by atoms with Crippen LogP contribution in [0.4, 0.5) is 0 Å². The SMILES string of the molecule is O=C(O)C=Cc1ccc2cc(Cl)ccc2n1. The van der Waals surface area contributed by atoms with Gasteiger partial charge in [0, 0.05) is 16.5 Å². The molecule has 0 atom stereocenters. The maximum Gasteiger partial charge on any atom is 0.328 e. The lowest BCUT2D eigenvalue weighted by molar-refractivity contribution is -0.131. The highest BCUT2D eigenvalue weighted by molar-refractivity contribution is 6.31. The van der Waals surface area contributed by atoms with E-state index in [0.717, 1.165) is 17.0 Å². The van der Waals surface area contributed by atoms with Crippen molar-refractivity contribution < 1.29 is 9.90 Å². The van der Waals surface area contributed by atoms with Crippen molar-refractivity contribution in [2.24, 2.45) is 0 Å². The van der Waals surface area contributed by atoms with E-state index >= 15 is 0 Å². The number of benzene rings is 1. The summed E-state index contributed by atoms with van der Waals surface area (Å²) in [7, 11) is 0. The van der Waals surface area contributed by atoms with Crippen molar-refractivity contribution in [3.8, 4) is 0 Å². The maximum absolute atomic E-state index is 10.3. The van der Waals surface area contributed by atoms with Gasteiger partial charge >= 0.3 is 5.97 Å². The minimum atomic E-state index is -0.988. The summed E-state index contributed by atoms with van der Waals surface area (Å²) < 4.78 is 0. The van der Waals surface area contributed by atoms with Crippen LogP contribution in [0, 0.1) is 0 Å². The largest absolute Gasteiger partial charge is 0.478 e. The van der Waals surface area contributed by atoms with E-state index in [-0.39, 0.29) is 0 Å². The van der Waals surface area contributed by atoms with Gasteiger partial charge in [-0.3, -0.25) is 0 Å². The van der Waals surface area contributed by atoms with Crippen LogP contribution >= 0.6 is 11.6 Å². The number of hydrogen-bond donors (Lipinski definition) is 1. The Bertz CT molecular complexity index is 578. The third-order valence-electron chi connectivity index (χ3n) is 2.07. The zero-order chi connectivity index (χ0) is 11.5. The van der Waals surface area contributed by atoms with Gasteiger partial charge in [0.05, 0.1) is 11.2 Å². The van der Waals surface area contributed by atoms with Crippen LogP contribution in [0.15, 0.2) is 36.4 Å². The Balaban J connectivity index is 2.44. The van der Waals surface area contributed by atoms with Crippen molar-refractivity contribution in [1.82, 2.24) is 4.98 Å². The number of aromatic nitrogens is 1. The molecule has 2 aromatic rings. The molecule has 0 saturated heterocycles. The van der Waals surface area contributed by atoms with Gasteiger partial charge in [-0.2, -0.15) is 0 Å². The van der Waals surface area contributed by atoms with Gasteiger partial charge < -0.3 is 5.11 Å². The van der Waals surface area contributed by atoms with E-state index < -0.39 is 5.97 Å². The first-order valence-corrected chi connectivity index (χ1v) is 5.00. The number of fused-ring (bicyclic) bond motifs is 1. The van der Waals surface area contributed by atoms with E-state index in [4.69, 9.17) is 16.7 Å². The molecular formula is C12H8ClNO2. The van der Waals surface area contributed by atoms with Crippen LogP contribution in [0.2, 0.25) is 5.02 Å². The zero-order valence-corrected chi connectivity index (χ0v) is 8.98.